The Bertz CT molecular complexity index is 389. The summed E-state index contributed by atoms with van der Waals surface area (Å²) in [5, 5.41) is 0. The minimum atomic E-state index is -4.66. The van der Waals surface area contributed by atoms with E-state index in [1.807, 2.05) is 0 Å². The number of hydrogen-bond donors (Lipinski definition) is 1. The van der Waals surface area contributed by atoms with Gasteiger partial charge in [0.2, 0.25) is 5.82 Å². The summed E-state index contributed by atoms with van der Waals surface area (Å²) in [6.45, 7) is 0.970. The molecule has 82 valence electrons. The number of rotatable bonds is 2. The van der Waals surface area contributed by atoms with Crippen LogP contribution < -0.4 is 5.73 Å². The van der Waals surface area contributed by atoms with E-state index >= 15 is 0 Å². The third kappa shape index (κ3) is 2.72. The molecule has 0 aliphatic carbocycles. The zero-order valence-corrected chi connectivity index (χ0v) is 7.80. The summed E-state index contributed by atoms with van der Waals surface area (Å²) in [5.41, 5.74) is 4.79. The zero-order valence-electron chi connectivity index (χ0n) is 7.80. The molecular weight excluding hydrogens is 211 g/mol. The van der Waals surface area contributed by atoms with Gasteiger partial charge in [0.05, 0.1) is 6.54 Å². The lowest BCUT2D eigenvalue weighted by atomic mass is 10.2. The molecule has 0 aliphatic rings. The lowest BCUT2D eigenvalue weighted by Crippen LogP contribution is -2.19. The molecule has 0 fully saturated rings. The number of Topliss-reactive ketones (excluding diaryl/α,β-unsaturated/α-hetero) is 1. The number of nitrogens with two attached hydrogens (primary N) is 1. The number of aryl methyl sites for hydroxylation is 1. The molecule has 0 saturated carbocycles. The Labute approximate surface area is 83.3 Å². The minimum absolute atomic E-state index is 0.0779. The standard InChI is InChI=1S/C8H8F3N3O/c1-4-2-5(6(15)3-12)14-7(13-4)8(9,10)11/h2H,3,12H2,1H3. The second kappa shape index (κ2) is 3.93. The number of halogens is 3. The molecular formula is C8H8F3N3O. The number of carbonyl (C=O) groups is 1. The number of carbonyl (C=O) groups excluding carboxylic acids is 1. The van der Waals surface area contributed by atoms with Crippen LogP contribution in [0, 0.1) is 6.92 Å². The average Bonchev–Trinajstić information content (AvgIpc) is 2.14. The molecule has 2 N–H and O–H groups in total. The molecule has 4 nitrogen and oxygen atoms in total. The van der Waals surface area contributed by atoms with Gasteiger partial charge in [0, 0.05) is 5.69 Å². The number of nitrogens with zero attached hydrogens (tertiary/aromatic N) is 2. The quantitative estimate of drug-likeness (QED) is 0.751. The van der Waals surface area contributed by atoms with Crippen LogP contribution in [0.3, 0.4) is 0 Å². The summed E-state index contributed by atoms with van der Waals surface area (Å²) in [5.74, 6) is -1.97. The fourth-order valence-corrected chi connectivity index (χ4v) is 0.943. The second-order valence-corrected chi connectivity index (χ2v) is 2.84. The van der Waals surface area contributed by atoms with Gasteiger partial charge < -0.3 is 5.73 Å². The fourth-order valence-electron chi connectivity index (χ4n) is 0.943. The SMILES string of the molecule is Cc1cc(C(=O)CN)nc(C(F)(F)F)n1. The van der Waals surface area contributed by atoms with Crippen molar-refractivity contribution in [1.29, 1.82) is 0 Å². The van der Waals surface area contributed by atoms with Gasteiger partial charge in [-0.1, -0.05) is 0 Å². The maximum Gasteiger partial charge on any atom is 0.451 e. The van der Waals surface area contributed by atoms with Gasteiger partial charge in [-0.3, -0.25) is 4.79 Å². The fraction of sp³-hybridized carbons (Fsp3) is 0.375. The number of ketones is 1. The molecule has 0 aliphatic heterocycles. The molecule has 1 aromatic heterocycles. The minimum Gasteiger partial charge on any atom is -0.324 e. The largest absolute Gasteiger partial charge is 0.451 e. The monoisotopic (exact) mass is 219 g/mol. The molecule has 0 amide bonds. The Morgan fingerprint density at radius 3 is 2.53 bits per heavy atom. The molecule has 1 aromatic rings. The molecule has 0 atom stereocenters. The van der Waals surface area contributed by atoms with E-state index in [-0.39, 0.29) is 17.9 Å². The van der Waals surface area contributed by atoms with Crippen LogP contribution in [-0.2, 0) is 6.18 Å². The molecule has 1 rings (SSSR count). The lowest BCUT2D eigenvalue weighted by molar-refractivity contribution is -0.145. The van der Waals surface area contributed by atoms with E-state index in [1.54, 1.807) is 0 Å². The van der Waals surface area contributed by atoms with Crippen molar-refractivity contribution in [2.24, 2.45) is 5.73 Å². The molecule has 0 spiro atoms. The van der Waals surface area contributed by atoms with Gasteiger partial charge in [-0.25, -0.2) is 9.97 Å². The van der Waals surface area contributed by atoms with Crippen LogP contribution in [0.2, 0.25) is 0 Å². The van der Waals surface area contributed by atoms with Crippen molar-refractivity contribution < 1.29 is 18.0 Å². The Hall–Kier alpha value is -1.50. The van der Waals surface area contributed by atoms with Crippen LogP contribution in [0.5, 0.6) is 0 Å². The molecule has 0 radical (unpaired) electrons. The number of aromatic nitrogens is 2. The van der Waals surface area contributed by atoms with Crippen LogP contribution in [0.15, 0.2) is 6.07 Å². The molecule has 0 aromatic carbocycles. The normalized spacial score (nSPS) is 11.5. The van der Waals surface area contributed by atoms with E-state index in [9.17, 15) is 18.0 Å². The molecule has 15 heavy (non-hydrogen) atoms. The first-order valence-electron chi connectivity index (χ1n) is 4.00. The van der Waals surface area contributed by atoms with Crippen LogP contribution in [0.25, 0.3) is 0 Å². The summed E-state index contributed by atoms with van der Waals surface area (Å²) in [4.78, 5) is 17.4. The molecule has 0 bridgehead atoms. The van der Waals surface area contributed by atoms with Gasteiger partial charge in [-0.15, -0.1) is 0 Å². The highest BCUT2D eigenvalue weighted by atomic mass is 19.4. The number of alkyl halides is 3. The summed E-state index contributed by atoms with van der Waals surface area (Å²) in [7, 11) is 0. The van der Waals surface area contributed by atoms with Crippen molar-refractivity contribution in [3.05, 3.63) is 23.3 Å². The Kier molecular flexibility index (Phi) is 3.04. The van der Waals surface area contributed by atoms with Gasteiger partial charge in [0.25, 0.3) is 0 Å². The van der Waals surface area contributed by atoms with E-state index in [2.05, 4.69) is 9.97 Å². The summed E-state index contributed by atoms with van der Waals surface area (Å²) in [6.07, 6.45) is -4.66. The maximum atomic E-state index is 12.2. The average molecular weight is 219 g/mol. The van der Waals surface area contributed by atoms with Crippen molar-refractivity contribution >= 4 is 5.78 Å². The van der Waals surface area contributed by atoms with Crippen LogP contribution in [-0.4, -0.2) is 22.3 Å². The number of hydrogen-bond acceptors (Lipinski definition) is 4. The van der Waals surface area contributed by atoms with E-state index < -0.39 is 17.8 Å². The smallest absolute Gasteiger partial charge is 0.324 e. The highest BCUT2D eigenvalue weighted by molar-refractivity contribution is 5.95. The van der Waals surface area contributed by atoms with Gasteiger partial charge in [-0.2, -0.15) is 13.2 Å². The Balaban J connectivity index is 3.23. The van der Waals surface area contributed by atoms with Crippen LogP contribution in [0.4, 0.5) is 13.2 Å². The zero-order chi connectivity index (χ0) is 11.6. The van der Waals surface area contributed by atoms with Crippen molar-refractivity contribution in [2.75, 3.05) is 6.54 Å². The maximum absolute atomic E-state index is 12.2. The van der Waals surface area contributed by atoms with Gasteiger partial charge in [-0.05, 0) is 13.0 Å². The van der Waals surface area contributed by atoms with Crippen molar-refractivity contribution in [1.82, 2.24) is 9.97 Å². The molecule has 1 heterocycles. The van der Waals surface area contributed by atoms with Crippen molar-refractivity contribution in [3.63, 3.8) is 0 Å². The second-order valence-electron chi connectivity index (χ2n) is 2.84. The molecule has 0 saturated heterocycles. The van der Waals surface area contributed by atoms with E-state index in [0.717, 1.165) is 0 Å². The summed E-state index contributed by atoms with van der Waals surface area (Å²) in [6, 6.07) is 1.17. The lowest BCUT2D eigenvalue weighted by Gasteiger charge is -2.07. The molecule has 7 heteroatoms. The highest BCUT2D eigenvalue weighted by Crippen LogP contribution is 2.26. The summed E-state index contributed by atoms with van der Waals surface area (Å²) >= 11 is 0. The van der Waals surface area contributed by atoms with Crippen LogP contribution in [0.1, 0.15) is 22.0 Å². The van der Waals surface area contributed by atoms with E-state index in [4.69, 9.17) is 5.73 Å². The molecule has 0 unspecified atom stereocenters. The van der Waals surface area contributed by atoms with Gasteiger partial charge >= 0.3 is 6.18 Å². The van der Waals surface area contributed by atoms with Crippen LogP contribution >= 0.6 is 0 Å². The van der Waals surface area contributed by atoms with E-state index in [1.165, 1.54) is 13.0 Å². The van der Waals surface area contributed by atoms with Gasteiger partial charge in [0.1, 0.15) is 5.69 Å². The first-order chi connectivity index (χ1) is 6.84. The highest BCUT2D eigenvalue weighted by Gasteiger charge is 2.35. The predicted molar refractivity (Wildman–Crippen MR) is 45.2 cm³/mol. The van der Waals surface area contributed by atoms with Crippen molar-refractivity contribution in [3.8, 4) is 0 Å². The topological polar surface area (TPSA) is 68.9 Å². The predicted octanol–water partition coefficient (Wildman–Crippen LogP) is 0.945. The Morgan fingerprint density at radius 2 is 2.07 bits per heavy atom. The third-order valence-electron chi connectivity index (χ3n) is 1.58. The summed E-state index contributed by atoms with van der Waals surface area (Å²) < 4.78 is 36.7. The first-order valence-corrected chi connectivity index (χ1v) is 4.00. The Morgan fingerprint density at radius 1 is 1.47 bits per heavy atom. The van der Waals surface area contributed by atoms with E-state index in [0.29, 0.717) is 0 Å². The third-order valence-corrected chi connectivity index (χ3v) is 1.58. The first kappa shape index (κ1) is 11.6. The van der Waals surface area contributed by atoms with Gasteiger partial charge in [0.15, 0.2) is 5.78 Å². The van der Waals surface area contributed by atoms with Crippen molar-refractivity contribution in [2.45, 2.75) is 13.1 Å².